The van der Waals surface area contributed by atoms with Crippen molar-refractivity contribution < 1.29 is 9.13 Å². The summed E-state index contributed by atoms with van der Waals surface area (Å²) in [5.41, 5.74) is 1.51. The molecule has 128 valence electrons. The summed E-state index contributed by atoms with van der Waals surface area (Å²) in [6.45, 7) is 1.26. The second-order valence-corrected chi connectivity index (χ2v) is 6.37. The highest BCUT2D eigenvalue weighted by Crippen LogP contribution is 2.40. The van der Waals surface area contributed by atoms with Gasteiger partial charge in [-0.15, -0.1) is 0 Å². The first-order valence-corrected chi connectivity index (χ1v) is 8.52. The van der Waals surface area contributed by atoms with Crippen molar-refractivity contribution in [3.63, 3.8) is 0 Å². The molecule has 0 unspecified atom stereocenters. The number of nitrogens with zero attached hydrogens (tertiary/aromatic N) is 2. The topological polar surface area (TPSA) is 47.0 Å². The minimum atomic E-state index is -0.278. The van der Waals surface area contributed by atoms with Crippen LogP contribution in [0.1, 0.15) is 42.6 Å². The van der Waals surface area contributed by atoms with E-state index in [1.807, 2.05) is 24.5 Å². The molecule has 0 bridgehead atoms. The highest BCUT2D eigenvalue weighted by atomic mass is 19.1. The Balaban J connectivity index is 1.70. The third-order valence-electron chi connectivity index (χ3n) is 4.77. The Labute approximate surface area is 142 Å². The lowest BCUT2D eigenvalue weighted by atomic mass is 9.87. The van der Waals surface area contributed by atoms with Crippen molar-refractivity contribution in [2.75, 3.05) is 13.7 Å². The van der Waals surface area contributed by atoms with Gasteiger partial charge in [-0.1, -0.05) is 31.0 Å². The quantitative estimate of drug-likeness (QED) is 0.846. The van der Waals surface area contributed by atoms with Gasteiger partial charge in [0, 0.05) is 49.1 Å². The Morgan fingerprint density at radius 2 is 1.88 bits per heavy atom. The molecule has 0 amide bonds. The van der Waals surface area contributed by atoms with Crippen molar-refractivity contribution >= 4 is 0 Å². The fourth-order valence-electron chi connectivity index (χ4n) is 3.44. The summed E-state index contributed by atoms with van der Waals surface area (Å²) >= 11 is 0. The fourth-order valence-corrected chi connectivity index (χ4v) is 3.44. The van der Waals surface area contributed by atoms with Crippen molar-refractivity contribution in [3.8, 4) is 0 Å². The lowest BCUT2D eigenvalue weighted by molar-refractivity contribution is 0.200. The number of aromatic nitrogens is 2. The van der Waals surface area contributed by atoms with Gasteiger partial charge in [0.2, 0.25) is 0 Å². The Morgan fingerprint density at radius 3 is 2.54 bits per heavy atom. The fraction of sp³-hybridized carbons (Fsp3) is 0.474. The molecule has 24 heavy (non-hydrogen) atoms. The van der Waals surface area contributed by atoms with Gasteiger partial charge in [0.25, 0.3) is 0 Å². The molecule has 1 aliphatic carbocycles. The summed E-state index contributed by atoms with van der Waals surface area (Å²) in [5.74, 6) is 0.656. The van der Waals surface area contributed by atoms with Gasteiger partial charge in [0.1, 0.15) is 11.6 Å². The van der Waals surface area contributed by atoms with Crippen LogP contribution in [0.3, 0.4) is 0 Å². The van der Waals surface area contributed by atoms with E-state index in [1.54, 1.807) is 19.2 Å². The highest BCUT2D eigenvalue weighted by molar-refractivity contribution is 5.28. The molecule has 1 aromatic carbocycles. The average molecular weight is 329 g/mol. The van der Waals surface area contributed by atoms with Crippen LogP contribution in [0, 0.1) is 5.82 Å². The zero-order chi connectivity index (χ0) is 16.8. The smallest absolute Gasteiger partial charge is 0.130 e. The van der Waals surface area contributed by atoms with Crippen LogP contribution in [-0.4, -0.2) is 23.7 Å². The summed E-state index contributed by atoms with van der Waals surface area (Å²) in [7, 11) is 1.67. The third-order valence-corrected chi connectivity index (χ3v) is 4.77. The Morgan fingerprint density at radius 1 is 1.17 bits per heavy atom. The molecule has 1 saturated carbocycles. The largest absolute Gasteiger partial charge is 0.384 e. The van der Waals surface area contributed by atoms with Gasteiger partial charge < -0.3 is 10.1 Å². The minimum absolute atomic E-state index is 0.127. The van der Waals surface area contributed by atoms with Gasteiger partial charge in [-0.25, -0.2) is 14.4 Å². The SMILES string of the molecule is COCCc1ncc(CNC2(c3ccccc3F)CCCC2)cn1. The van der Waals surface area contributed by atoms with E-state index in [0.29, 0.717) is 19.6 Å². The number of nitrogens with one attached hydrogen (secondary N) is 1. The molecule has 0 spiro atoms. The zero-order valence-electron chi connectivity index (χ0n) is 14.1. The zero-order valence-corrected chi connectivity index (χ0v) is 14.1. The van der Waals surface area contributed by atoms with Crippen LogP contribution in [-0.2, 0) is 23.2 Å². The second kappa shape index (κ2) is 7.81. The normalized spacial score (nSPS) is 16.4. The summed E-state index contributed by atoms with van der Waals surface area (Å²) in [4.78, 5) is 8.74. The number of benzene rings is 1. The Bertz CT molecular complexity index is 654. The molecule has 1 heterocycles. The number of hydrogen-bond acceptors (Lipinski definition) is 4. The maximum Gasteiger partial charge on any atom is 0.130 e. The summed E-state index contributed by atoms with van der Waals surface area (Å²) in [6, 6.07) is 7.10. The van der Waals surface area contributed by atoms with Crippen LogP contribution in [0.25, 0.3) is 0 Å². The predicted molar refractivity (Wildman–Crippen MR) is 91.0 cm³/mol. The van der Waals surface area contributed by atoms with Gasteiger partial charge in [0.15, 0.2) is 0 Å². The summed E-state index contributed by atoms with van der Waals surface area (Å²) in [6.07, 6.45) is 8.55. The first-order chi connectivity index (χ1) is 11.7. The number of halogens is 1. The molecule has 1 aliphatic rings. The lowest BCUT2D eigenvalue weighted by Crippen LogP contribution is -2.40. The van der Waals surface area contributed by atoms with Crippen molar-refractivity contribution in [3.05, 3.63) is 59.4 Å². The molecule has 1 aromatic heterocycles. The predicted octanol–water partition coefficient (Wildman–Crippen LogP) is 3.36. The average Bonchev–Trinajstić information content (AvgIpc) is 3.09. The van der Waals surface area contributed by atoms with Crippen molar-refractivity contribution in [2.24, 2.45) is 0 Å². The number of ether oxygens (including phenoxy) is 1. The third kappa shape index (κ3) is 3.79. The number of rotatable bonds is 7. The molecule has 3 rings (SSSR count). The van der Waals surface area contributed by atoms with Gasteiger partial charge in [0.05, 0.1) is 6.61 Å². The molecule has 4 nitrogen and oxygen atoms in total. The summed E-state index contributed by atoms with van der Waals surface area (Å²) < 4.78 is 19.3. The number of hydrogen-bond donors (Lipinski definition) is 1. The van der Waals surface area contributed by atoms with Crippen LogP contribution in [0.5, 0.6) is 0 Å². The van der Waals surface area contributed by atoms with E-state index >= 15 is 0 Å². The van der Waals surface area contributed by atoms with Crippen LogP contribution in [0.15, 0.2) is 36.7 Å². The van der Waals surface area contributed by atoms with Crippen LogP contribution >= 0.6 is 0 Å². The molecule has 0 radical (unpaired) electrons. The van der Waals surface area contributed by atoms with Gasteiger partial charge >= 0.3 is 0 Å². The molecular weight excluding hydrogens is 305 g/mol. The van der Waals surface area contributed by atoms with Crippen molar-refractivity contribution in [2.45, 2.75) is 44.2 Å². The van der Waals surface area contributed by atoms with E-state index in [-0.39, 0.29) is 11.4 Å². The molecule has 0 atom stereocenters. The summed E-state index contributed by atoms with van der Waals surface area (Å²) in [5, 5.41) is 3.59. The van der Waals surface area contributed by atoms with Crippen LogP contribution in [0.4, 0.5) is 4.39 Å². The molecule has 0 aliphatic heterocycles. The van der Waals surface area contributed by atoms with Gasteiger partial charge in [-0.2, -0.15) is 0 Å². The van der Waals surface area contributed by atoms with Crippen LogP contribution < -0.4 is 5.32 Å². The molecular formula is C19H24FN3O. The van der Waals surface area contributed by atoms with Crippen LogP contribution in [0.2, 0.25) is 0 Å². The standard InChI is InChI=1S/C19H24FN3O/c1-24-11-8-18-21-12-15(13-22-18)14-23-19(9-4-5-10-19)16-6-2-3-7-17(16)20/h2-3,6-7,12-13,23H,4-5,8-11,14H2,1H3. The van der Waals surface area contributed by atoms with Crippen molar-refractivity contribution in [1.29, 1.82) is 0 Å². The van der Waals surface area contributed by atoms with Crippen molar-refractivity contribution in [1.82, 2.24) is 15.3 Å². The first-order valence-electron chi connectivity index (χ1n) is 8.52. The maximum absolute atomic E-state index is 14.3. The highest BCUT2D eigenvalue weighted by Gasteiger charge is 2.36. The lowest BCUT2D eigenvalue weighted by Gasteiger charge is -2.31. The number of methoxy groups -OCH3 is 1. The van der Waals surface area contributed by atoms with E-state index in [9.17, 15) is 4.39 Å². The molecule has 1 fully saturated rings. The maximum atomic E-state index is 14.3. The Hall–Kier alpha value is -1.85. The molecule has 5 heteroatoms. The monoisotopic (exact) mass is 329 g/mol. The second-order valence-electron chi connectivity index (χ2n) is 6.37. The first kappa shape index (κ1) is 17.0. The molecule has 0 saturated heterocycles. The van der Waals surface area contributed by atoms with E-state index < -0.39 is 0 Å². The molecule has 2 aromatic rings. The minimum Gasteiger partial charge on any atom is -0.384 e. The van der Waals surface area contributed by atoms with Gasteiger partial charge in [-0.05, 0) is 18.9 Å². The molecule has 1 N–H and O–H groups in total. The van der Waals surface area contributed by atoms with Gasteiger partial charge in [-0.3, -0.25) is 0 Å². The van der Waals surface area contributed by atoms with E-state index in [2.05, 4.69) is 15.3 Å². The Kier molecular flexibility index (Phi) is 5.53. The van der Waals surface area contributed by atoms with E-state index in [4.69, 9.17) is 4.74 Å². The van der Waals surface area contributed by atoms with E-state index in [1.165, 1.54) is 0 Å². The van der Waals surface area contributed by atoms with E-state index in [0.717, 1.165) is 42.6 Å².